The molecule has 1 aliphatic carbocycles. The van der Waals surface area contributed by atoms with Crippen molar-refractivity contribution in [2.24, 2.45) is 16.0 Å². The highest BCUT2D eigenvalue weighted by Gasteiger charge is 2.22. The maximum atomic E-state index is 9.04. The first-order valence-electron chi connectivity index (χ1n) is 9.66. The van der Waals surface area contributed by atoms with Crippen LogP contribution in [0.2, 0.25) is 0 Å². The number of benzene rings is 3. The lowest BCUT2D eigenvalue weighted by Gasteiger charge is -2.06. The molecule has 7 nitrogen and oxygen atoms in total. The first-order chi connectivity index (χ1) is 14.6. The average Bonchev–Trinajstić information content (AvgIpc) is 3.36. The molecule has 1 aliphatic rings. The second-order valence-electron chi connectivity index (χ2n) is 7.25. The number of nitrogen functional groups attached to an aromatic ring is 1. The van der Waals surface area contributed by atoms with Crippen LogP contribution in [0.15, 0.2) is 77.1 Å². The zero-order chi connectivity index (χ0) is 20.7. The van der Waals surface area contributed by atoms with Crippen LogP contribution in [0.1, 0.15) is 23.1 Å². The van der Waals surface area contributed by atoms with E-state index in [-0.39, 0.29) is 30.6 Å². The molecule has 3 aromatic carbocycles. The fourth-order valence-electron chi connectivity index (χ4n) is 3.99. The normalized spacial score (nSPS) is 14.1. The number of aromatic nitrogens is 2. The van der Waals surface area contributed by atoms with Crippen molar-refractivity contribution < 1.29 is 5.21 Å². The number of hydrogen-bond acceptors (Lipinski definition) is 5. The van der Waals surface area contributed by atoms with Crippen LogP contribution in [0.25, 0.3) is 22.0 Å². The van der Waals surface area contributed by atoms with Crippen LogP contribution in [-0.4, -0.2) is 26.4 Å². The third-order valence-corrected chi connectivity index (χ3v) is 5.47. The first kappa shape index (κ1) is 23.1. The van der Waals surface area contributed by atoms with Gasteiger partial charge in [0.25, 0.3) is 0 Å². The van der Waals surface area contributed by atoms with Crippen LogP contribution < -0.4 is 11.5 Å². The van der Waals surface area contributed by atoms with Crippen molar-refractivity contribution in [2.75, 3.05) is 5.73 Å². The minimum Gasteiger partial charge on any atom is -0.409 e. The SMILES string of the molecule is Cl.Cl.NC(=NO)c1cccc2c1CCC2=Nn1cc(-c2ccc3ccccc3c2)nc1N. The molecule has 0 atom stereocenters. The summed E-state index contributed by atoms with van der Waals surface area (Å²) in [5.74, 6) is 0.431. The third-order valence-electron chi connectivity index (χ3n) is 5.47. The lowest BCUT2D eigenvalue weighted by molar-refractivity contribution is 0.318. The molecule has 0 spiro atoms. The van der Waals surface area contributed by atoms with E-state index in [0.29, 0.717) is 5.95 Å². The molecular weight excluding hydrogens is 447 g/mol. The number of nitrogens with two attached hydrogens (primary N) is 2. The molecule has 0 fully saturated rings. The molecule has 1 aromatic heterocycles. The molecule has 164 valence electrons. The number of hydrogen-bond donors (Lipinski definition) is 3. The number of rotatable bonds is 3. The molecule has 0 aliphatic heterocycles. The molecule has 0 saturated heterocycles. The largest absolute Gasteiger partial charge is 0.409 e. The van der Waals surface area contributed by atoms with Gasteiger partial charge >= 0.3 is 0 Å². The van der Waals surface area contributed by atoms with E-state index in [1.54, 1.807) is 4.68 Å². The summed E-state index contributed by atoms with van der Waals surface area (Å²) in [5, 5.41) is 19.2. The summed E-state index contributed by atoms with van der Waals surface area (Å²) in [7, 11) is 0. The van der Waals surface area contributed by atoms with E-state index in [1.165, 1.54) is 5.39 Å². The van der Waals surface area contributed by atoms with Crippen LogP contribution in [0.4, 0.5) is 5.95 Å². The van der Waals surface area contributed by atoms with E-state index in [1.807, 2.05) is 42.6 Å². The Kier molecular flexibility index (Phi) is 6.72. The monoisotopic (exact) mass is 468 g/mol. The van der Waals surface area contributed by atoms with Gasteiger partial charge in [-0.3, -0.25) is 0 Å². The maximum absolute atomic E-state index is 9.04. The molecular formula is C23H22Cl2N6O. The molecule has 5 N–H and O–H groups in total. The van der Waals surface area contributed by atoms with Gasteiger partial charge in [0.2, 0.25) is 5.95 Å². The van der Waals surface area contributed by atoms with Gasteiger partial charge in [-0.25, -0.2) is 9.66 Å². The summed E-state index contributed by atoms with van der Waals surface area (Å²) < 4.78 is 1.62. The second kappa shape index (κ2) is 9.30. The quantitative estimate of drug-likeness (QED) is 0.178. The van der Waals surface area contributed by atoms with Gasteiger partial charge in [0.1, 0.15) is 0 Å². The van der Waals surface area contributed by atoms with Crippen molar-refractivity contribution in [3.63, 3.8) is 0 Å². The number of oxime groups is 1. The maximum Gasteiger partial charge on any atom is 0.221 e. The number of fused-ring (bicyclic) bond motifs is 2. The molecule has 1 heterocycles. The summed E-state index contributed by atoms with van der Waals surface area (Å²) in [6.07, 6.45) is 3.36. The Bertz CT molecular complexity index is 1350. The van der Waals surface area contributed by atoms with Gasteiger partial charge in [-0.15, -0.1) is 24.8 Å². The zero-order valence-corrected chi connectivity index (χ0v) is 18.6. The van der Waals surface area contributed by atoms with Gasteiger partial charge in [0, 0.05) is 16.7 Å². The van der Waals surface area contributed by atoms with Crippen molar-refractivity contribution >= 4 is 53.1 Å². The minimum atomic E-state index is 0. The number of imidazole rings is 1. The van der Waals surface area contributed by atoms with Gasteiger partial charge in [-0.1, -0.05) is 59.8 Å². The highest BCUT2D eigenvalue weighted by molar-refractivity contribution is 6.09. The molecule has 0 bridgehead atoms. The van der Waals surface area contributed by atoms with Gasteiger partial charge < -0.3 is 16.7 Å². The first-order valence-corrected chi connectivity index (χ1v) is 9.66. The fourth-order valence-corrected chi connectivity index (χ4v) is 3.99. The summed E-state index contributed by atoms with van der Waals surface area (Å²) >= 11 is 0. The Morgan fingerprint density at radius 2 is 1.75 bits per heavy atom. The Labute approximate surface area is 197 Å². The summed E-state index contributed by atoms with van der Waals surface area (Å²) in [5.41, 5.74) is 17.4. The van der Waals surface area contributed by atoms with E-state index in [0.717, 1.165) is 51.9 Å². The number of amidine groups is 1. The Hall–Kier alpha value is -3.55. The van der Waals surface area contributed by atoms with Crippen molar-refractivity contribution in [1.82, 2.24) is 9.66 Å². The van der Waals surface area contributed by atoms with Crippen molar-refractivity contribution in [3.05, 3.63) is 83.6 Å². The summed E-state index contributed by atoms with van der Waals surface area (Å²) in [6.45, 7) is 0. The van der Waals surface area contributed by atoms with Crippen molar-refractivity contribution in [2.45, 2.75) is 12.8 Å². The predicted molar refractivity (Wildman–Crippen MR) is 133 cm³/mol. The number of anilines is 1. The third kappa shape index (κ3) is 4.00. The molecule has 4 aromatic rings. The Morgan fingerprint density at radius 1 is 0.969 bits per heavy atom. The highest BCUT2D eigenvalue weighted by atomic mass is 35.5. The number of nitrogens with zero attached hydrogens (tertiary/aromatic N) is 4. The van der Waals surface area contributed by atoms with E-state index in [2.05, 4.69) is 34.4 Å². The summed E-state index contributed by atoms with van der Waals surface area (Å²) in [4.78, 5) is 4.51. The van der Waals surface area contributed by atoms with E-state index in [9.17, 15) is 0 Å². The van der Waals surface area contributed by atoms with E-state index in [4.69, 9.17) is 21.8 Å². The van der Waals surface area contributed by atoms with Crippen molar-refractivity contribution in [3.8, 4) is 11.3 Å². The minimum absolute atomic E-state index is 0. The van der Waals surface area contributed by atoms with Crippen LogP contribution in [-0.2, 0) is 6.42 Å². The summed E-state index contributed by atoms with van der Waals surface area (Å²) in [6, 6.07) is 20.1. The van der Waals surface area contributed by atoms with E-state index >= 15 is 0 Å². The fraction of sp³-hybridized carbons (Fsp3) is 0.0870. The molecule has 32 heavy (non-hydrogen) atoms. The van der Waals surface area contributed by atoms with Crippen LogP contribution in [0.5, 0.6) is 0 Å². The lowest BCUT2D eigenvalue weighted by atomic mass is 10.0. The van der Waals surface area contributed by atoms with Gasteiger partial charge in [-0.05, 0) is 35.2 Å². The highest BCUT2D eigenvalue weighted by Crippen LogP contribution is 2.28. The van der Waals surface area contributed by atoms with Crippen LogP contribution in [0, 0.1) is 0 Å². The number of halogens is 2. The van der Waals surface area contributed by atoms with Crippen LogP contribution >= 0.6 is 24.8 Å². The zero-order valence-electron chi connectivity index (χ0n) is 17.0. The van der Waals surface area contributed by atoms with Gasteiger partial charge in [0.05, 0.1) is 17.6 Å². The standard InChI is InChI=1S/C23H20N6O.2ClH/c24-22(28-30)19-7-3-6-18-17(19)10-11-20(18)27-29-13-21(26-23(29)25)16-9-8-14-4-1-2-5-15(14)12-16;;/h1-9,12-13,30H,10-11H2,(H2,24,28)(H2,25,26);2*1H. The smallest absolute Gasteiger partial charge is 0.221 e. The molecule has 0 unspecified atom stereocenters. The molecule has 9 heteroatoms. The predicted octanol–water partition coefficient (Wildman–Crippen LogP) is 4.42. The van der Waals surface area contributed by atoms with Gasteiger partial charge in [-0.2, -0.15) is 5.10 Å². The topological polar surface area (TPSA) is 115 Å². The lowest BCUT2D eigenvalue weighted by Crippen LogP contribution is -2.15. The molecule has 5 rings (SSSR count). The second-order valence-corrected chi connectivity index (χ2v) is 7.25. The Morgan fingerprint density at radius 3 is 2.53 bits per heavy atom. The molecule has 0 amide bonds. The van der Waals surface area contributed by atoms with Crippen molar-refractivity contribution in [1.29, 1.82) is 0 Å². The van der Waals surface area contributed by atoms with E-state index < -0.39 is 0 Å². The van der Waals surface area contributed by atoms with Gasteiger partial charge in [0.15, 0.2) is 5.84 Å². The molecule has 0 saturated carbocycles. The van der Waals surface area contributed by atoms with Crippen LogP contribution in [0.3, 0.4) is 0 Å². The average molecular weight is 469 g/mol. The molecule has 0 radical (unpaired) electrons. The Balaban J connectivity index is 0.00000144.